The first kappa shape index (κ1) is 13.0. The lowest BCUT2D eigenvalue weighted by molar-refractivity contribution is -0.385. The Morgan fingerprint density at radius 2 is 2.10 bits per heavy atom. The van der Waals surface area contributed by atoms with Crippen LogP contribution < -0.4 is 0 Å². The highest BCUT2D eigenvalue weighted by Gasteiger charge is 2.20. The van der Waals surface area contributed by atoms with E-state index in [1.54, 1.807) is 6.92 Å². The lowest BCUT2D eigenvalue weighted by atomic mass is 10.2. The van der Waals surface area contributed by atoms with E-state index in [9.17, 15) is 10.1 Å². The first-order valence-electron chi connectivity index (χ1n) is 6.22. The van der Waals surface area contributed by atoms with Crippen molar-refractivity contribution in [3.63, 3.8) is 0 Å². The fourth-order valence-corrected chi connectivity index (χ4v) is 1.86. The smallest absolute Gasteiger partial charge is 0.307 e. The minimum atomic E-state index is -0.501. The molecule has 1 atom stereocenters. The maximum atomic E-state index is 10.7. The van der Waals surface area contributed by atoms with E-state index in [2.05, 4.69) is 15.2 Å². The fourth-order valence-electron chi connectivity index (χ4n) is 1.86. The molecule has 0 radical (unpaired) electrons. The Morgan fingerprint density at radius 1 is 1.33 bits per heavy atom. The highest BCUT2D eigenvalue weighted by atomic mass is 16.6. The molecular weight excluding hydrogens is 274 g/mol. The minimum absolute atomic E-state index is 0.0790. The van der Waals surface area contributed by atoms with Crippen molar-refractivity contribution in [1.82, 2.24) is 19.9 Å². The summed E-state index contributed by atoms with van der Waals surface area (Å²) in [6.07, 6.45) is 2.52. The second-order valence-electron chi connectivity index (χ2n) is 4.43. The number of rotatable bonds is 4. The predicted molar refractivity (Wildman–Crippen MR) is 72.4 cm³/mol. The summed E-state index contributed by atoms with van der Waals surface area (Å²) >= 11 is 0. The van der Waals surface area contributed by atoms with Crippen LogP contribution in [0.2, 0.25) is 0 Å². The second kappa shape index (κ2) is 5.16. The van der Waals surface area contributed by atoms with Crippen molar-refractivity contribution < 1.29 is 9.45 Å². The molecule has 1 aromatic carbocycles. The third kappa shape index (κ3) is 2.50. The van der Waals surface area contributed by atoms with Gasteiger partial charge in [-0.1, -0.05) is 35.5 Å². The number of hydrogen-bond acceptors (Lipinski definition) is 6. The van der Waals surface area contributed by atoms with Crippen molar-refractivity contribution in [3.8, 4) is 11.4 Å². The molecule has 0 saturated carbocycles. The average Bonchev–Trinajstić information content (AvgIpc) is 3.17. The summed E-state index contributed by atoms with van der Waals surface area (Å²) in [5.74, 6) is 0.811. The zero-order valence-electron chi connectivity index (χ0n) is 11.1. The Bertz CT molecular complexity index is 765. The summed E-state index contributed by atoms with van der Waals surface area (Å²) in [6.45, 7) is 1.78. The summed E-state index contributed by atoms with van der Waals surface area (Å²) in [5.41, 5.74) is 0.760. The van der Waals surface area contributed by atoms with E-state index >= 15 is 0 Å². The normalized spacial score (nSPS) is 12.2. The summed E-state index contributed by atoms with van der Waals surface area (Å²) in [7, 11) is 0. The Kier molecular flexibility index (Phi) is 3.19. The molecule has 0 aliphatic rings. The fraction of sp³-hybridized carbons (Fsp3) is 0.154. The molecule has 2 aromatic heterocycles. The molecule has 0 bridgehead atoms. The highest BCUT2D eigenvalue weighted by Crippen LogP contribution is 2.21. The van der Waals surface area contributed by atoms with E-state index in [1.807, 2.05) is 30.3 Å². The SMILES string of the molecule is CC(c1nc(-c2ccccc2)no1)n1cc([N+](=O)[O-])cn1. The summed E-state index contributed by atoms with van der Waals surface area (Å²) in [4.78, 5) is 14.5. The molecule has 8 nitrogen and oxygen atoms in total. The van der Waals surface area contributed by atoms with E-state index in [4.69, 9.17) is 4.52 Å². The molecular formula is C13H11N5O3. The highest BCUT2D eigenvalue weighted by molar-refractivity contribution is 5.53. The van der Waals surface area contributed by atoms with Gasteiger partial charge in [0.1, 0.15) is 18.4 Å². The molecule has 0 saturated heterocycles. The van der Waals surface area contributed by atoms with Gasteiger partial charge in [-0.05, 0) is 6.92 Å². The Balaban J connectivity index is 1.87. The zero-order chi connectivity index (χ0) is 14.8. The van der Waals surface area contributed by atoms with Gasteiger partial charge >= 0.3 is 5.69 Å². The van der Waals surface area contributed by atoms with Gasteiger partial charge in [-0.3, -0.25) is 14.8 Å². The van der Waals surface area contributed by atoms with Crippen LogP contribution in [0.1, 0.15) is 18.9 Å². The number of hydrogen-bond donors (Lipinski definition) is 0. The summed E-state index contributed by atoms with van der Waals surface area (Å²) in [5, 5.41) is 18.5. The van der Waals surface area contributed by atoms with Crippen LogP contribution in [0.5, 0.6) is 0 Å². The van der Waals surface area contributed by atoms with Crippen LogP contribution in [0.15, 0.2) is 47.2 Å². The Labute approximate surface area is 119 Å². The second-order valence-corrected chi connectivity index (χ2v) is 4.43. The molecule has 0 N–H and O–H groups in total. The molecule has 1 unspecified atom stereocenters. The third-order valence-corrected chi connectivity index (χ3v) is 3.03. The van der Waals surface area contributed by atoms with E-state index < -0.39 is 4.92 Å². The van der Waals surface area contributed by atoms with E-state index in [0.29, 0.717) is 11.7 Å². The van der Waals surface area contributed by atoms with Crippen LogP contribution in [-0.2, 0) is 0 Å². The van der Waals surface area contributed by atoms with Gasteiger partial charge in [0.05, 0.1) is 4.92 Å². The maximum absolute atomic E-state index is 10.7. The topological polar surface area (TPSA) is 99.9 Å². The van der Waals surface area contributed by atoms with Gasteiger partial charge in [-0.15, -0.1) is 0 Å². The summed E-state index contributed by atoms with van der Waals surface area (Å²) in [6, 6.07) is 9.02. The summed E-state index contributed by atoms with van der Waals surface area (Å²) < 4.78 is 6.63. The largest absolute Gasteiger partial charge is 0.337 e. The van der Waals surface area contributed by atoms with Gasteiger partial charge in [0, 0.05) is 5.56 Å². The molecule has 3 aromatic rings. The zero-order valence-corrected chi connectivity index (χ0v) is 11.1. The minimum Gasteiger partial charge on any atom is -0.337 e. The van der Waals surface area contributed by atoms with E-state index in [0.717, 1.165) is 5.56 Å². The predicted octanol–water partition coefficient (Wildman–Crippen LogP) is 2.45. The quantitative estimate of drug-likeness (QED) is 0.539. The van der Waals surface area contributed by atoms with Gasteiger partial charge in [-0.25, -0.2) is 0 Å². The van der Waals surface area contributed by atoms with Gasteiger partial charge in [0.25, 0.3) is 5.89 Å². The van der Waals surface area contributed by atoms with Crippen molar-refractivity contribution in [1.29, 1.82) is 0 Å². The molecule has 0 fully saturated rings. The number of nitrogens with zero attached hydrogens (tertiary/aromatic N) is 5. The van der Waals surface area contributed by atoms with Crippen LogP contribution in [-0.4, -0.2) is 24.8 Å². The molecule has 0 spiro atoms. The van der Waals surface area contributed by atoms with Crippen LogP contribution in [0.4, 0.5) is 5.69 Å². The first-order valence-corrected chi connectivity index (χ1v) is 6.22. The van der Waals surface area contributed by atoms with Gasteiger partial charge in [-0.2, -0.15) is 10.1 Å². The molecule has 8 heteroatoms. The number of aromatic nitrogens is 4. The third-order valence-electron chi connectivity index (χ3n) is 3.03. The molecule has 106 valence electrons. The molecule has 0 amide bonds. The number of nitro groups is 1. The Morgan fingerprint density at radius 3 is 2.76 bits per heavy atom. The molecule has 0 aliphatic carbocycles. The van der Waals surface area contributed by atoms with E-state index in [-0.39, 0.29) is 11.7 Å². The van der Waals surface area contributed by atoms with Crippen LogP contribution in [0.3, 0.4) is 0 Å². The lowest BCUT2D eigenvalue weighted by Crippen LogP contribution is -2.07. The molecule has 0 aliphatic heterocycles. The average molecular weight is 285 g/mol. The van der Waals surface area contributed by atoms with Crippen LogP contribution >= 0.6 is 0 Å². The van der Waals surface area contributed by atoms with Gasteiger partial charge in [0.15, 0.2) is 0 Å². The van der Waals surface area contributed by atoms with Crippen molar-refractivity contribution >= 4 is 5.69 Å². The molecule has 2 heterocycles. The van der Waals surface area contributed by atoms with Crippen molar-refractivity contribution in [2.24, 2.45) is 0 Å². The van der Waals surface area contributed by atoms with Crippen molar-refractivity contribution in [3.05, 3.63) is 58.7 Å². The molecule has 3 rings (SSSR count). The van der Waals surface area contributed by atoms with Crippen LogP contribution in [0.25, 0.3) is 11.4 Å². The standard InChI is InChI=1S/C13H11N5O3/c1-9(17-8-11(7-14-17)18(19)20)13-15-12(16-21-13)10-5-3-2-4-6-10/h2-9H,1H3. The van der Waals surface area contributed by atoms with Crippen molar-refractivity contribution in [2.75, 3.05) is 0 Å². The van der Waals surface area contributed by atoms with Gasteiger partial charge in [0.2, 0.25) is 5.82 Å². The van der Waals surface area contributed by atoms with E-state index in [1.165, 1.54) is 17.1 Å². The number of benzene rings is 1. The van der Waals surface area contributed by atoms with Crippen LogP contribution in [0, 0.1) is 10.1 Å². The van der Waals surface area contributed by atoms with Gasteiger partial charge < -0.3 is 4.52 Å². The lowest BCUT2D eigenvalue weighted by Gasteiger charge is -2.04. The first-order chi connectivity index (χ1) is 10.1. The maximum Gasteiger partial charge on any atom is 0.307 e. The molecule has 21 heavy (non-hydrogen) atoms. The van der Waals surface area contributed by atoms with Crippen molar-refractivity contribution in [2.45, 2.75) is 13.0 Å². The Hall–Kier alpha value is -3.03. The monoisotopic (exact) mass is 285 g/mol.